The zero-order chi connectivity index (χ0) is 63.9. The van der Waals surface area contributed by atoms with Crippen LogP contribution in [0.25, 0.3) is 0 Å². The number of Topliss-reactive ketones (excluding diaryl/α,β-unsaturated/α-hetero) is 1. The molecule has 3 heterocycles. The van der Waals surface area contributed by atoms with Gasteiger partial charge in [-0.25, -0.2) is 0 Å². The van der Waals surface area contributed by atoms with Crippen molar-refractivity contribution in [2.45, 2.75) is 300 Å². The number of ether oxygens (including phenoxy) is 3. The highest BCUT2D eigenvalue weighted by molar-refractivity contribution is 9.09. The van der Waals surface area contributed by atoms with E-state index in [0.717, 1.165) is 132 Å². The number of aliphatic hydroxyl groups is 2. The molecule has 0 bridgehead atoms. The summed E-state index contributed by atoms with van der Waals surface area (Å²) in [5.74, 6) is 4.83. The second-order valence-corrected chi connectivity index (χ2v) is 31.9. The maximum absolute atomic E-state index is 12.1. The minimum Gasteiger partial charge on any atom is -0.508 e. The second-order valence-electron chi connectivity index (χ2n) is 30.3. The third-order valence-electron chi connectivity index (χ3n) is 21.2. The van der Waals surface area contributed by atoms with E-state index in [1.54, 1.807) is 0 Å². The summed E-state index contributed by atoms with van der Waals surface area (Å²) in [6.45, 7) is 26.3. The van der Waals surface area contributed by atoms with Crippen LogP contribution in [0.2, 0.25) is 0 Å². The molecule has 15 heteroatoms. The Morgan fingerprint density at radius 2 is 0.851 bits per heavy atom. The second kappa shape index (κ2) is 29.7. The predicted molar refractivity (Wildman–Crippen MR) is 355 cm³/mol. The number of unbranched alkanes of at least 4 members (excludes halogenated alkanes) is 9. The number of phenolic OH excluding ortho intramolecular Hbond substituents is 3. The molecule has 3 aliphatic carbocycles. The summed E-state index contributed by atoms with van der Waals surface area (Å²) in [4.78, 5) is 26.7. The molecule has 488 valence electrons. The van der Waals surface area contributed by atoms with E-state index in [4.69, 9.17) is 14.2 Å². The molecule has 13 nitrogen and oxygen atoms in total. The van der Waals surface area contributed by atoms with Gasteiger partial charge in [0.05, 0.1) is 18.8 Å². The average molecular weight is 1340 g/mol. The Labute approximate surface area is 538 Å². The molecule has 8 atom stereocenters. The standard InChI is InChI=1S/C24H37BrO3.C24H35BrO3.C24H37NO6/c2*1-23(2,11-7-5-6-8-12-25)16-13-20(27)22-18-15-17(26)9-10-19(18)24(3,4)28-21(22)14-16;1-23(2,11-7-5-6-8-12-30-25(28)29)16-13-20(27)22-18-15-17(26)9-10-19(18)24(3,4)31-21(22)14-16/h13-14,17-19,26-27H,5-12,15H2,1-4H3;13-14,18-19,27H,5-12,15H2,1-4H3;13-14,17-19,26-27H,5-12,15H2,1-4H3/t17?,18-,19-;18-,19-;17?,18-,19-/m111/s1. The van der Waals surface area contributed by atoms with Gasteiger partial charge in [0.25, 0.3) is 5.09 Å². The number of carbonyl (C=O) groups excluding carboxylic acids is 1. The van der Waals surface area contributed by atoms with Gasteiger partial charge in [0.1, 0.15) is 57.1 Å². The van der Waals surface area contributed by atoms with Crippen LogP contribution in [-0.2, 0) is 25.9 Å². The number of benzene rings is 3. The van der Waals surface area contributed by atoms with Crippen molar-refractivity contribution in [3.05, 3.63) is 79.9 Å². The molecule has 0 radical (unpaired) electrons. The number of aromatic hydroxyl groups is 3. The molecule has 0 saturated heterocycles. The zero-order valence-corrected chi connectivity index (χ0v) is 58.1. The fourth-order valence-corrected chi connectivity index (χ4v) is 16.6. The molecule has 0 aromatic heterocycles. The van der Waals surface area contributed by atoms with E-state index >= 15 is 0 Å². The summed E-state index contributed by atoms with van der Waals surface area (Å²) in [5, 5.41) is 65.0. The number of carbonyl (C=O) groups is 1. The Balaban J connectivity index is 0.000000187. The molecule has 0 spiro atoms. The molecular weight excluding hydrogens is 1230 g/mol. The maximum Gasteiger partial charge on any atom is 0.294 e. The van der Waals surface area contributed by atoms with Gasteiger partial charge in [-0.2, -0.15) is 0 Å². The highest BCUT2D eigenvalue weighted by Gasteiger charge is 2.51. The molecule has 0 amide bonds. The average Bonchev–Trinajstić information content (AvgIpc) is 2.43. The third kappa shape index (κ3) is 17.6. The zero-order valence-electron chi connectivity index (χ0n) is 55.0. The lowest BCUT2D eigenvalue weighted by Gasteiger charge is -2.48. The van der Waals surface area contributed by atoms with Gasteiger partial charge in [-0.15, -0.1) is 10.1 Å². The van der Waals surface area contributed by atoms with Crippen LogP contribution in [0.3, 0.4) is 0 Å². The summed E-state index contributed by atoms with van der Waals surface area (Å²) in [7, 11) is 0. The number of rotatable bonds is 23. The normalized spacial score (nSPS) is 24.9. The Morgan fingerprint density at radius 1 is 0.517 bits per heavy atom. The van der Waals surface area contributed by atoms with Crippen LogP contribution in [0, 0.1) is 27.9 Å². The molecule has 2 unspecified atom stereocenters. The Hall–Kier alpha value is -3.79. The molecule has 3 aromatic carbocycles. The van der Waals surface area contributed by atoms with Gasteiger partial charge in [0.15, 0.2) is 0 Å². The number of alkyl halides is 2. The van der Waals surface area contributed by atoms with Gasteiger partial charge in [-0.3, -0.25) is 4.79 Å². The lowest BCUT2D eigenvalue weighted by molar-refractivity contribution is -0.757. The minimum atomic E-state index is -0.745. The number of hydrogen-bond acceptors (Lipinski definition) is 12. The number of fused-ring (bicyclic) bond motifs is 9. The summed E-state index contributed by atoms with van der Waals surface area (Å²) >= 11 is 7.00. The van der Waals surface area contributed by atoms with Crippen LogP contribution in [0.1, 0.15) is 288 Å². The van der Waals surface area contributed by atoms with Crippen molar-refractivity contribution in [2.24, 2.45) is 17.8 Å². The number of nitrogens with zero attached hydrogens (tertiary/aromatic N) is 1. The van der Waals surface area contributed by atoms with Crippen LogP contribution in [0.4, 0.5) is 0 Å². The van der Waals surface area contributed by atoms with Crippen molar-refractivity contribution in [1.82, 2.24) is 0 Å². The van der Waals surface area contributed by atoms with Crippen molar-refractivity contribution in [2.75, 3.05) is 17.3 Å². The highest BCUT2D eigenvalue weighted by Crippen LogP contribution is 2.58. The van der Waals surface area contributed by atoms with Crippen molar-refractivity contribution in [3.63, 3.8) is 0 Å². The fraction of sp³-hybridized carbons (Fsp3) is 0.736. The number of halogens is 2. The smallest absolute Gasteiger partial charge is 0.294 e. The van der Waals surface area contributed by atoms with Crippen molar-refractivity contribution < 1.29 is 54.5 Å². The minimum absolute atomic E-state index is 0.00264. The van der Waals surface area contributed by atoms with E-state index in [-0.39, 0.29) is 87.2 Å². The molecule has 3 saturated carbocycles. The molecule has 6 aliphatic rings. The quantitative estimate of drug-likeness (QED) is 0.0261. The topological polar surface area (TPSA) is 198 Å². The Bertz CT molecular complexity index is 2790. The first-order valence-corrected chi connectivity index (χ1v) is 35.5. The summed E-state index contributed by atoms with van der Waals surface area (Å²) < 4.78 is 19.3. The SMILES string of the molecule is CC(C)(CCCCCCBr)c1cc(O)c2c(c1)OC(C)(C)[C@@H]1CCC(=O)C[C@@H]21.CC(C)(CCCCCCBr)c1cc(O)c2c(c1)OC(C)(C)[C@@H]1CCC(O)C[C@@H]21.CC(C)(CCCCCCO[N+](=O)[O-])c1cc(O)c2c(c1)OC(C)(C)[C@@H]1CCC(O)C[C@@H]21. The molecule has 5 N–H and O–H groups in total. The van der Waals surface area contributed by atoms with E-state index in [2.05, 4.69) is 138 Å². The Kier molecular flexibility index (Phi) is 24.1. The number of phenols is 3. The van der Waals surface area contributed by atoms with E-state index in [1.165, 1.54) is 51.4 Å². The van der Waals surface area contributed by atoms with E-state index < -0.39 is 5.09 Å². The van der Waals surface area contributed by atoms with Gasteiger partial charge in [0, 0.05) is 75.7 Å². The third-order valence-corrected chi connectivity index (χ3v) is 22.3. The first-order valence-electron chi connectivity index (χ1n) is 33.3. The summed E-state index contributed by atoms with van der Waals surface area (Å²) in [6, 6.07) is 12.1. The van der Waals surface area contributed by atoms with E-state index in [9.17, 15) is 40.4 Å². The van der Waals surface area contributed by atoms with Crippen LogP contribution in [0.15, 0.2) is 36.4 Å². The molecule has 3 fully saturated rings. The Morgan fingerprint density at radius 3 is 1.21 bits per heavy atom. The first kappa shape index (κ1) is 70.7. The largest absolute Gasteiger partial charge is 0.508 e. The molecule has 3 aromatic rings. The molecule has 3 aliphatic heterocycles. The fourth-order valence-electron chi connectivity index (χ4n) is 15.8. The van der Waals surface area contributed by atoms with Crippen LogP contribution in [-0.4, -0.2) is 82.7 Å². The van der Waals surface area contributed by atoms with E-state index in [0.29, 0.717) is 55.3 Å². The molecular formula is C72H109Br2NO12. The predicted octanol–water partition coefficient (Wildman–Crippen LogP) is 18.3. The molecule has 87 heavy (non-hydrogen) atoms. The summed E-state index contributed by atoms with van der Waals surface area (Å²) in [5.41, 5.74) is 4.86. The van der Waals surface area contributed by atoms with Gasteiger partial charge < -0.3 is 44.6 Å². The van der Waals surface area contributed by atoms with Crippen molar-refractivity contribution in [3.8, 4) is 34.5 Å². The van der Waals surface area contributed by atoms with Crippen LogP contribution in [0.5, 0.6) is 34.5 Å². The van der Waals surface area contributed by atoms with Crippen LogP contribution >= 0.6 is 31.9 Å². The first-order chi connectivity index (χ1) is 40.8. The highest BCUT2D eigenvalue weighted by atomic mass is 79.9. The van der Waals surface area contributed by atoms with Gasteiger partial charge >= 0.3 is 0 Å². The van der Waals surface area contributed by atoms with Crippen molar-refractivity contribution >= 4 is 37.6 Å². The van der Waals surface area contributed by atoms with E-state index in [1.807, 2.05) is 18.2 Å². The summed E-state index contributed by atoms with van der Waals surface area (Å²) in [6.07, 6.45) is 22.7. The van der Waals surface area contributed by atoms with Gasteiger partial charge in [-0.05, 0) is 194 Å². The van der Waals surface area contributed by atoms with Gasteiger partial charge in [-0.1, -0.05) is 131 Å². The van der Waals surface area contributed by atoms with Crippen LogP contribution < -0.4 is 14.2 Å². The number of aliphatic hydroxyl groups excluding tert-OH is 2. The lowest BCUT2D eigenvalue weighted by atomic mass is 9.65. The molecule has 9 rings (SSSR count). The monoisotopic (exact) mass is 1340 g/mol. The van der Waals surface area contributed by atoms with Gasteiger partial charge in [0.2, 0.25) is 0 Å². The lowest BCUT2D eigenvalue weighted by Crippen LogP contribution is -2.47. The number of hydrogen-bond donors (Lipinski definition) is 5. The van der Waals surface area contributed by atoms with Crippen molar-refractivity contribution in [1.29, 1.82) is 0 Å². The number of ketones is 1. The maximum atomic E-state index is 12.1.